The molecule has 0 saturated carbocycles. The number of ether oxygens (including phenoxy) is 2. The number of anilines is 4. The highest BCUT2D eigenvalue weighted by molar-refractivity contribution is 6.32. The van der Waals surface area contributed by atoms with Gasteiger partial charge < -0.3 is 40.5 Å². The van der Waals surface area contributed by atoms with Gasteiger partial charge in [0.1, 0.15) is 11.2 Å². The van der Waals surface area contributed by atoms with E-state index in [1.807, 2.05) is 121 Å². The number of benzene rings is 2. The predicted octanol–water partition coefficient (Wildman–Crippen LogP) is 6.91. The van der Waals surface area contributed by atoms with E-state index in [-0.39, 0.29) is 5.15 Å². The Morgan fingerprint density at radius 2 is 1.10 bits per heavy atom. The first-order chi connectivity index (χ1) is 28.2. The third kappa shape index (κ3) is 12.4. The average molecular weight is 823 g/mol. The largest absolute Gasteiger partial charge is 0.444 e. The molecule has 0 spiro atoms. The van der Waals surface area contributed by atoms with Crippen LogP contribution in [0.5, 0.6) is 0 Å². The normalized spacial score (nSPS) is 13.1. The minimum Gasteiger partial charge on any atom is -0.444 e. The van der Waals surface area contributed by atoms with Crippen LogP contribution in [0.25, 0.3) is 33.6 Å². The molecule has 3 aromatic heterocycles. The molecule has 6 rings (SSSR count). The second kappa shape index (κ2) is 19.0. The molecule has 0 bridgehead atoms. The monoisotopic (exact) mass is 822 g/mol. The van der Waals surface area contributed by atoms with Crippen LogP contribution < -0.4 is 31.1 Å². The molecular formula is C42H51ClN12O4. The summed E-state index contributed by atoms with van der Waals surface area (Å²) < 4.78 is 10.6. The summed E-state index contributed by atoms with van der Waals surface area (Å²) in [6, 6.07) is 21.6. The number of alkyl carbamates (subject to hydrolysis) is 2. The van der Waals surface area contributed by atoms with E-state index < -0.39 is 23.4 Å². The van der Waals surface area contributed by atoms with Crippen LogP contribution in [0, 0.1) is 0 Å². The van der Waals surface area contributed by atoms with Gasteiger partial charge >= 0.3 is 12.2 Å². The average Bonchev–Trinajstić information content (AvgIpc) is 3.21. The smallest absolute Gasteiger partial charge is 0.407 e. The molecule has 4 N–H and O–H groups in total. The highest BCUT2D eigenvalue weighted by atomic mass is 35.5. The van der Waals surface area contributed by atoms with E-state index >= 15 is 0 Å². The summed E-state index contributed by atoms with van der Waals surface area (Å²) in [6.45, 7) is 15.3. The second-order valence-electron chi connectivity index (χ2n) is 15.8. The number of carbonyl (C=O) groups is 2. The van der Waals surface area contributed by atoms with Gasteiger partial charge in [0.05, 0.1) is 22.8 Å². The molecule has 0 unspecified atom stereocenters. The topological polar surface area (TPSA) is 185 Å². The summed E-state index contributed by atoms with van der Waals surface area (Å²) in [6.07, 6.45) is 2.72. The number of piperazine rings is 1. The lowest BCUT2D eigenvalue weighted by Gasteiger charge is -2.36. The first kappa shape index (κ1) is 42.3. The second-order valence-corrected chi connectivity index (χ2v) is 16.2. The number of aromatic nitrogens is 6. The Morgan fingerprint density at radius 3 is 1.68 bits per heavy atom. The number of rotatable bonds is 13. The Hall–Kier alpha value is -6.29. The number of halogens is 1. The van der Waals surface area contributed by atoms with Crippen molar-refractivity contribution in [1.82, 2.24) is 41.0 Å². The van der Waals surface area contributed by atoms with Crippen molar-refractivity contribution in [3.63, 3.8) is 0 Å². The third-order valence-electron chi connectivity index (χ3n) is 8.82. The molecule has 2 amide bonds. The van der Waals surface area contributed by atoms with Crippen LogP contribution in [0.4, 0.5) is 32.7 Å². The Bertz CT molecular complexity index is 2170. The first-order valence-electron chi connectivity index (χ1n) is 19.5. The van der Waals surface area contributed by atoms with Crippen molar-refractivity contribution in [2.75, 3.05) is 72.8 Å². The molecule has 17 heteroatoms. The molecule has 5 aromatic rings. The summed E-state index contributed by atoms with van der Waals surface area (Å²) in [5.41, 5.74) is 5.35. The summed E-state index contributed by atoms with van der Waals surface area (Å²) in [5.74, 6) is 1.39. The highest BCUT2D eigenvalue weighted by Gasteiger charge is 2.24. The molecule has 310 valence electrons. The minimum absolute atomic E-state index is 0.232. The number of carbonyl (C=O) groups excluding carboxylic acids is 2. The van der Waals surface area contributed by atoms with Crippen LogP contribution >= 0.6 is 11.6 Å². The molecule has 1 fully saturated rings. The van der Waals surface area contributed by atoms with E-state index in [1.165, 1.54) is 0 Å². The van der Waals surface area contributed by atoms with Crippen LogP contribution in [0.2, 0.25) is 5.15 Å². The van der Waals surface area contributed by atoms with Gasteiger partial charge in [0, 0.05) is 81.4 Å². The predicted molar refractivity (Wildman–Crippen MR) is 231 cm³/mol. The van der Waals surface area contributed by atoms with Crippen molar-refractivity contribution in [2.24, 2.45) is 0 Å². The third-order valence-corrected chi connectivity index (χ3v) is 9.10. The zero-order valence-corrected chi connectivity index (χ0v) is 35.0. The number of hydrogen-bond donors (Lipinski definition) is 4. The van der Waals surface area contributed by atoms with Gasteiger partial charge in [-0.3, -0.25) is 0 Å². The Kier molecular flexibility index (Phi) is 13.6. The standard InChI is InChI=1S/C42H51ClN12O4/c1-41(2,3)58-39(56)46-18-16-44-34-24-32(50-52-36(34)43)30-14-12-28(13-15-30)31-26-48-38(49-27-31)55-22-20-54(21-23-55)37-35(45-17-19-47-40(57)59-42(4,5)6)25-33(51-53-37)29-10-8-7-9-11-29/h7-15,24-27H,16-23H2,1-6H3,(H,44,50)(H,45,51)(H,46,56)(H,47,57). The van der Waals surface area contributed by atoms with Gasteiger partial charge in [-0.25, -0.2) is 19.6 Å². The van der Waals surface area contributed by atoms with Gasteiger partial charge in [-0.1, -0.05) is 66.2 Å². The van der Waals surface area contributed by atoms with E-state index in [9.17, 15) is 9.59 Å². The van der Waals surface area contributed by atoms with E-state index in [4.69, 9.17) is 31.0 Å². The molecule has 16 nitrogen and oxygen atoms in total. The van der Waals surface area contributed by atoms with Crippen molar-refractivity contribution in [3.05, 3.63) is 84.3 Å². The fourth-order valence-electron chi connectivity index (χ4n) is 6.08. The van der Waals surface area contributed by atoms with Gasteiger partial charge in [-0.05, 0) is 59.2 Å². The molecule has 2 aromatic carbocycles. The maximum absolute atomic E-state index is 12.2. The molecule has 0 radical (unpaired) electrons. The van der Waals surface area contributed by atoms with Crippen LogP contribution in [0.3, 0.4) is 0 Å². The van der Waals surface area contributed by atoms with Crippen LogP contribution in [-0.4, -0.2) is 106 Å². The van der Waals surface area contributed by atoms with Crippen molar-refractivity contribution in [1.29, 1.82) is 0 Å². The molecular weight excluding hydrogens is 772 g/mol. The van der Waals surface area contributed by atoms with Crippen molar-refractivity contribution in [3.8, 4) is 33.6 Å². The fourth-order valence-corrected chi connectivity index (χ4v) is 6.24. The van der Waals surface area contributed by atoms with Crippen molar-refractivity contribution >= 4 is 46.9 Å². The summed E-state index contributed by atoms with van der Waals surface area (Å²) in [4.78, 5) is 37.9. The lowest BCUT2D eigenvalue weighted by Crippen LogP contribution is -2.47. The number of nitrogens with zero attached hydrogens (tertiary/aromatic N) is 8. The molecule has 1 aliphatic heterocycles. The van der Waals surface area contributed by atoms with Gasteiger partial charge in [0.2, 0.25) is 5.95 Å². The summed E-state index contributed by atoms with van der Waals surface area (Å²) in [7, 11) is 0. The SMILES string of the molecule is CC(C)(C)OC(=O)NCCNc1cc(-c2ccc(-c3cnc(N4CCN(c5nnc(-c6ccccc6)cc5NCCNC(=O)OC(C)(C)C)CC4)nc3)cc2)nnc1Cl. The molecule has 0 atom stereocenters. The zero-order valence-electron chi connectivity index (χ0n) is 34.3. The zero-order chi connectivity index (χ0) is 42.0. The Morgan fingerprint density at radius 1 is 0.610 bits per heavy atom. The van der Waals surface area contributed by atoms with Crippen molar-refractivity contribution < 1.29 is 19.1 Å². The maximum atomic E-state index is 12.2. The van der Waals surface area contributed by atoms with E-state index in [2.05, 4.69) is 51.5 Å². The van der Waals surface area contributed by atoms with Gasteiger partial charge in [-0.15, -0.1) is 20.4 Å². The maximum Gasteiger partial charge on any atom is 0.407 e. The summed E-state index contributed by atoms with van der Waals surface area (Å²) >= 11 is 6.31. The minimum atomic E-state index is -0.570. The quantitative estimate of drug-likeness (QED) is 0.0898. The lowest BCUT2D eigenvalue weighted by molar-refractivity contribution is 0.0518. The molecule has 0 aliphatic carbocycles. The molecule has 1 aliphatic rings. The Balaban J connectivity index is 1.04. The van der Waals surface area contributed by atoms with Crippen molar-refractivity contribution in [2.45, 2.75) is 52.7 Å². The number of nitrogens with one attached hydrogen (secondary N) is 4. The van der Waals surface area contributed by atoms with Crippen LogP contribution in [0.15, 0.2) is 79.1 Å². The summed E-state index contributed by atoms with van der Waals surface area (Å²) in [5, 5.41) is 30.0. The first-order valence-corrected chi connectivity index (χ1v) is 19.9. The van der Waals surface area contributed by atoms with E-state index in [0.717, 1.165) is 39.5 Å². The molecule has 1 saturated heterocycles. The van der Waals surface area contributed by atoms with Gasteiger partial charge in [0.25, 0.3) is 0 Å². The van der Waals surface area contributed by atoms with Gasteiger partial charge in [0.15, 0.2) is 11.0 Å². The molecule has 59 heavy (non-hydrogen) atoms. The highest BCUT2D eigenvalue weighted by Crippen LogP contribution is 2.30. The van der Waals surface area contributed by atoms with E-state index in [0.29, 0.717) is 69.7 Å². The lowest BCUT2D eigenvalue weighted by atomic mass is 10.0. The van der Waals surface area contributed by atoms with E-state index in [1.54, 1.807) is 0 Å². The van der Waals surface area contributed by atoms with Crippen LogP contribution in [0.1, 0.15) is 41.5 Å². The Labute approximate surface area is 349 Å². The number of amides is 2. The van der Waals surface area contributed by atoms with Gasteiger partial charge in [-0.2, -0.15) is 0 Å². The van der Waals surface area contributed by atoms with Crippen LogP contribution in [-0.2, 0) is 9.47 Å². The number of hydrogen-bond acceptors (Lipinski definition) is 14. The molecule has 4 heterocycles. The fraction of sp³-hybridized carbons (Fsp3) is 0.381.